The van der Waals surface area contributed by atoms with E-state index in [1.165, 1.54) is 13.2 Å². The standard InChI is InChI=1S/C14H17N5O3/c1-9(5-11-8-15-3-4-16-11)18-12(20)6-10-7-17-14(22)19(2)13(10)21/h3-4,7-9H,5-6H2,1-2H3,(H,17,22)(H,18,20)/t9-/m0/s1. The van der Waals surface area contributed by atoms with Crippen molar-refractivity contribution in [1.82, 2.24) is 24.8 Å². The summed E-state index contributed by atoms with van der Waals surface area (Å²) in [4.78, 5) is 45.6. The van der Waals surface area contributed by atoms with Crippen molar-refractivity contribution in [1.29, 1.82) is 0 Å². The molecule has 2 rings (SSSR count). The van der Waals surface area contributed by atoms with Gasteiger partial charge in [-0.2, -0.15) is 0 Å². The molecule has 8 nitrogen and oxygen atoms in total. The summed E-state index contributed by atoms with van der Waals surface area (Å²) in [6.45, 7) is 1.84. The summed E-state index contributed by atoms with van der Waals surface area (Å²) in [5.41, 5.74) is 0.0345. The molecule has 0 aliphatic heterocycles. The quantitative estimate of drug-likeness (QED) is 0.748. The Morgan fingerprint density at radius 1 is 1.41 bits per heavy atom. The molecule has 0 aromatic carbocycles. The van der Waals surface area contributed by atoms with Crippen LogP contribution in [0.3, 0.4) is 0 Å². The lowest BCUT2D eigenvalue weighted by molar-refractivity contribution is -0.121. The molecule has 2 N–H and O–H groups in total. The molecule has 1 atom stereocenters. The van der Waals surface area contributed by atoms with E-state index in [0.717, 1.165) is 10.3 Å². The maximum atomic E-state index is 12.0. The minimum absolute atomic E-state index is 0.0890. The zero-order chi connectivity index (χ0) is 16.1. The number of nitrogens with one attached hydrogen (secondary N) is 2. The second kappa shape index (κ2) is 6.79. The van der Waals surface area contributed by atoms with Crippen molar-refractivity contribution in [3.63, 3.8) is 0 Å². The molecular formula is C14H17N5O3. The number of hydrogen-bond donors (Lipinski definition) is 2. The summed E-state index contributed by atoms with van der Waals surface area (Å²) in [6.07, 6.45) is 6.54. The zero-order valence-electron chi connectivity index (χ0n) is 12.4. The van der Waals surface area contributed by atoms with Crippen molar-refractivity contribution in [3.8, 4) is 0 Å². The Morgan fingerprint density at radius 3 is 2.86 bits per heavy atom. The number of hydrogen-bond acceptors (Lipinski definition) is 5. The summed E-state index contributed by atoms with van der Waals surface area (Å²) in [6, 6.07) is -0.143. The van der Waals surface area contributed by atoms with Gasteiger partial charge < -0.3 is 10.3 Å². The molecular weight excluding hydrogens is 286 g/mol. The van der Waals surface area contributed by atoms with Gasteiger partial charge in [0.05, 0.1) is 12.1 Å². The summed E-state index contributed by atoms with van der Waals surface area (Å²) < 4.78 is 0.936. The molecule has 2 aromatic heterocycles. The number of rotatable bonds is 5. The maximum absolute atomic E-state index is 12.0. The highest BCUT2D eigenvalue weighted by atomic mass is 16.2. The predicted molar refractivity (Wildman–Crippen MR) is 79.3 cm³/mol. The molecule has 0 spiro atoms. The molecule has 116 valence electrons. The van der Waals surface area contributed by atoms with Gasteiger partial charge in [-0.1, -0.05) is 0 Å². The summed E-state index contributed by atoms with van der Waals surface area (Å²) in [7, 11) is 1.36. The van der Waals surface area contributed by atoms with Crippen LogP contribution in [-0.2, 0) is 24.7 Å². The molecule has 8 heteroatoms. The molecule has 2 aromatic rings. The van der Waals surface area contributed by atoms with E-state index >= 15 is 0 Å². The van der Waals surface area contributed by atoms with Crippen LogP contribution in [0.25, 0.3) is 0 Å². The second-order valence-corrected chi connectivity index (χ2v) is 5.03. The number of carbonyl (C=O) groups excluding carboxylic acids is 1. The first-order valence-corrected chi connectivity index (χ1v) is 6.79. The molecule has 0 aliphatic rings. The highest BCUT2D eigenvalue weighted by Crippen LogP contribution is 1.98. The van der Waals surface area contributed by atoms with E-state index in [0.29, 0.717) is 6.42 Å². The van der Waals surface area contributed by atoms with Crippen LogP contribution in [0, 0.1) is 0 Å². The Balaban J connectivity index is 1.97. The first kappa shape index (κ1) is 15.6. The van der Waals surface area contributed by atoms with Crippen LogP contribution in [0.1, 0.15) is 18.2 Å². The fraction of sp³-hybridized carbons (Fsp3) is 0.357. The van der Waals surface area contributed by atoms with E-state index < -0.39 is 11.2 Å². The zero-order valence-corrected chi connectivity index (χ0v) is 12.4. The minimum Gasteiger partial charge on any atom is -0.353 e. The van der Waals surface area contributed by atoms with Crippen molar-refractivity contribution in [3.05, 3.63) is 56.9 Å². The van der Waals surface area contributed by atoms with E-state index in [-0.39, 0.29) is 23.9 Å². The Bertz CT molecular complexity index is 766. The fourth-order valence-corrected chi connectivity index (χ4v) is 2.04. The predicted octanol–water partition coefficient (Wildman–Crippen LogP) is -0.846. The average molecular weight is 303 g/mol. The smallest absolute Gasteiger partial charge is 0.328 e. The lowest BCUT2D eigenvalue weighted by Gasteiger charge is -2.13. The van der Waals surface area contributed by atoms with Gasteiger partial charge in [-0.3, -0.25) is 24.1 Å². The summed E-state index contributed by atoms with van der Waals surface area (Å²) in [5, 5.41) is 2.79. The van der Waals surface area contributed by atoms with E-state index in [9.17, 15) is 14.4 Å². The first-order valence-electron chi connectivity index (χ1n) is 6.79. The van der Waals surface area contributed by atoms with E-state index in [1.807, 2.05) is 6.92 Å². The number of aromatic amines is 1. The lowest BCUT2D eigenvalue weighted by atomic mass is 10.1. The van der Waals surface area contributed by atoms with E-state index in [2.05, 4.69) is 20.3 Å². The van der Waals surface area contributed by atoms with Crippen molar-refractivity contribution < 1.29 is 4.79 Å². The second-order valence-electron chi connectivity index (χ2n) is 5.03. The largest absolute Gasteiger partial charge is 0.353 e. The first-order chi connectivity index (χ1) is 10.5. The number of nitrogens with zero attached hydrogens (tertiary/aromatic N) is 3. The van der Waals surface area contributed by atoms with Crippen LogP contribution < -0.4 is 16.6 Å². The molecule has 0 saturated heterocycles. The Kier molecular flexibility index (Phi) is 4.82. The van der Waals surface area contributed by atoms with Crippen LogP contribution in [-0.4, -0.2) is 31.5 Å². The third-order valence-electron chi connectivity index (χ3n) is 3.14. The highest BCUT2D eigenvalue weighted by molar-refractivity contribution is 5.78. The molecule has 2 heterocycles. The fourth-order valence-electron chi connectivity index (χ4n) is 2.04. The number of H-pyrrole nitrogens is 1. The Morgan fingerprint density at radius 2 is 2.18 bits per heavy atom. The minimum atomic E-state index is -0.509. The lowest BCUT2D eigenvalue weighted by Crippen LogP contribution is -2.39. The van der Waals surface area contributed by atoms with Crippen LogP contribution in [0.2, 0.25) is 0 Å². The third kappa shape index (κ3) is 3.87. The van der Waals surface area contributed by atoms with Crippen LogP contribution in [0.15, 0.2) is 34.4 Å². The molecule has 22 heavy (non-hydrogen) atoms. The normalized spacial score (nSPS) is 11.9. The SMILES string of the molecule is C[C@@H](Cc1cnccn1)NC(=O)Cc1c[nH]c(=O)n(C)c1=O. The van der Waals surface area contributed by atoms with Crippen molar-refractivity contribution in [2.75, 3.05) is 0 Å². The highest BCUT2D eigenvalue weighted by Gasteiger charge is 2.12. The van der Waals surface area contributed by atoms with Gasteiger partial charge in [0.15, 0.2) is 0 Å². The van der Waals surface area contributed by atoms with Gasteiger partial charge in [-0.15, -0.1) is 0 Å². The van der Waals surface area contributed by atoms with Gasteiger partial charge in [-0.25, -0.2) is 4.79 Å². The van der Waals surface area contributed by atoms with E-state index in [1.54, 1.807) is 18.6 Å². The number of aromatic nitrogens is 4. The molecule has 0 fully saturated rings. The van der Waals surface area contributed by atoms with Gasteiger partial charge in [0, 0.05) is 49.9 Å². The van der Waals surface area contributed by atoms with Gasteiger partial charge in [0.25, 0.3) is 5.56 Å². The van der Waals surface area contributed by atoms with Gasteiger partial charge in [0.2, 0.25) is 5.91 Å². The van der Waals surface area contributed by atoms with Gasteiger partial charge >= 0.3 is 5.69 Å². The Labute approximate surface area is 126 Å². The van der Waals surface area contributed by atoms with Gasteiger partial charge in [-0.05, 0) is 6.92 Å². The van der Waals surface area contributed by atoms with Gasteiger partial charge in [0.1, 0.15) is 0 Å². The van der Waals surface area contributed by atoms with E-state index in [4.69, 9.17) is 0 Å². The molecule has 0 saturated carbocycles. The van der Waals surface area contributed by atoms with Crippen molar-refractivity contribution in [2.45, 2.75) is 25.8 Å². The number of carbonyl (C=O) groups is 1. The van der Waals surface area contributed by atoms with Crippen molar-refractivity contribution in [2.24, 2.45) is 7.05 Å². The van der Waals surface area contributed by atoms with Crippen LogP contribution in [0.5, 0.6) is 0 Å². The maximum Gasteiger partial charge on any atom is 0.328 e. The van der Waals surface area contributed by atoms with Crippen LogP contribution in [0.4, 0.5) is 0 Å². The molecule has 0 aliphatic carbocycles. The monoisotopic (exact) mass is 303 g/mol. The van der Waals surface area contributed by atoms with Crippen molar-refractivity contribution >= 4 is 5.91 Å². The molecule has 1 amide bonds. The Hall–Kier alpha value is -2.77. The topological polar surface area (TPSA) is 110 Å². The number of amides is 1. The molecule has 0 radical (unpaired) electrons. The average Bonchev–Trinajstić information content (AvgIpc) is 2.49. The summed E-state index contributed by atoms with van der Waals surface area (Å²) >= 11 is 0. The molecule has 0 bridgehead atoms. The molecule has 0 unspecified atom stereocenters. The third-order valence-corrected chi connectivity index (χ3v) is 3.14. The van der Waals surface area contributed by atoms with Crippen LogP contribution >= 0.6 is 0 Å². The summed E-state index contributed by atoms with van der Waals surface area (Å²) in [5.74, 6) is -0.291.